The number of halogens is 1. The molecule has 1 aromatic rings. The van der Waals surface area contributed by atoms with Crippen LogP contribution in [-0.2, 0) is 6.42 Å². The first-order valence-electron chi connectivity index (χ1n) is 4.69. The van der Waals surface area contributed by atoms with Crippen LogP contribution in [0.1, 0.15) is 25.8 Å². The molecular weight excluding hydrogens is 167 g/mol. The number of hydrogen-bond donors (Lipinski definition) is 0. The molecule has 13 heavy (non-hydrogen) atoms. The van der Waals surface area contributed by atoms with E-state index in [0.717, 1.165) is 12.8 Å². The lowest BCUT2D eigenvalue weighted by Gasteiger charge is -2.09. The highest BCUT2D eigenvalue weighted by atomic mass is 19.1. The Morgan fingerprint density at radius 1 is 1.31 bits per heavy atom. The summed E-state index contributed by atoms with van der Waals surface area (Å²) >= 11 is 0. The minimum absolute atomic E-state index is 0.159. The summed E-state index contributed by atoms with van der Waals surface area (Å²) in [6.07, 6.45) is 1.67. The van der Waals surface area contributed by atoms with Gasteiger partial charge in [-0.15, -0.1) is 0 Å². The van der Waals surface area contributed by atoms with E-state index in [2.05, 4.69) is 0 Å². The van der Waals surface area contributed by atoms with Gasteiger partial charge < -0.3 is 4.74 Å². The Morgan fingerprint density at radius 3 is 2.69 bits per heavy atom. The molecule has 0 saturated heterocycles. The predicted octanol–water partition coefficient (Wildman–Crippen LogP) is 3.18. The standard InChI is InChI=1S/C11H15FO/c1-3-6-9-10(12)7-5-8-11(9)13-4-2/h5,7-8H,3-4,6H2,1-2H3. The van der Waals surface area contributed by atoms with Gasteiger partial charge in [-0.2, -0.15) is 0 Å². The van der Waals surface area contributed by atoms with Gasteiger partial charge in [0.1, 0.15) is 11.6 Å². The molecule has 1 rings (SSSR count). The van der Waals surface area contributed by atoms with Crippen molar-refractivity contribution in [3.05, 3.63) is 29.6 Å². The molecule has 0 N–H and O–H groups in total. The van der Waals surface area contributed by atoms with Gasteiger partial charge >= 0.3 is 0 Å². The summed E-state index contributed by atoms with van der Waals surface area (Å²) in [6.45, 7) is 4.52. The van der Waals surface area contributed by atoms with E-state index >= 15 is 0 Å². The first kappa shape index (κ1) is 10.0. The van der Waals surface area contributed by atoms with Crippen LogP contribution < -0.4 is 4.74 Å². The fraction of sp³-hybridized carbons (Fsp3) is 0.455. The highest BCUT2D eigenvalue weighted by Crippen LogP contribution is 2.22. The highest BCUT2D eigenvalue weighted by Gasteiger charge is 2.07. The third kappa shape index (κ3) is 2.44. The van der Waals surface area contributed by atoms with E-state index in [1.165, 1.54) is 6.07 Å². The quantitative estimate of drug-likeness (QED) is 0.695. The van der Waals surface area contributed by atoms with Crippen molar-refractivity contribution in [2.75, 3.05) is 6.61 Å². The van der Waals surface area contributed by atoms with Crippen molar-refractivity contribution in [3.63, 3.8) is 0 Å². The lowest BCUT2D eigenvalue weighted by molar-refractivity contribution is 0.333. The van der Waals surface area contributed by atoms with E-state index in [4.69, 9.17) is 4.74 Å². The van der Waals surface area contributed by atoms with Crippen molar-refractivity contribution in [3.8, 4) is 5.75 Å². The summed E-state index contributed by atoms with van der Waals surface area (Å²) in [7, 11) is 0. The normalized spacial score (nSPS) is 10.1. The molecule has 2 heteroatoms. The van der Waals surface area contributed by atoms with Crippen molar-refractivity contribution in [2.24, 2.45) is 0 Å². The highest BCUT2D eigenvalue weighted by molar-refractivity contribution is 5.34. The van der Waals surface area contributed by atoms with Crippen molar-refractivity contribution in [2.45, 2.75) is 26.7 Å². The topological polar surface area (TPSA) is 9.23 Å². The molecule has 0 amide bonds. The average Bonchev–Trinajstić information content (AvgIpc) is 2.11. The largest absolute Gasteiger partial charge is 0.493 e. The fourth-order valence-corrected chi connectivity index (χ4v) is 1.32. The zero-order chi connectivity index (χ0) is 9.68. The number of benzene rings is 1. The number of hydrogen-bond acceptors (Lipinski definition) is 1. The molecule has 0 spiro atoms. The summed E-state index contributed by atoms with van der Waals surface area (Å²) in [4.78, 5) is 0. The zero-order valence-electron chi connectivity index (χ0n) is 8.14. The third-order valence-corrected chi connectivity index (χ3v) is 1.88. The van der Waals surface area contributed by atoms with Gasteiger partial charge in [-0.05, 0) is 25.5 Å². The minimum atomic E-state index is -0.159. The lowest BCUT2D eigenvalue weighted by Crippen LogP contribution is -1.98. The van der Waals surface area contributed by atoms with Gasteiger partial charge in [-0.25, -0.2) is 4.39 Å². The second kappa shape index (κ2) is 4.85. The lowest BCUT2D eigenvalue weighted by atomic mass is 10.1. The van der Waals surface area contributed by atoms with E-state index in [1.54, 1.807) is 6.07 Å². The van der Waals surface area contributed by atoms with Crippen LogP contribution >= 0.6 is 0 Å². The Bertz CT molecular complexity index is 271. The second-order valence-electron chi connectivity index (χ2n) is 2.90. The van der Waals surface area contributed by atoms with Crippen LogP contribution in [-0.4, -0.2) is 6.61 Å². The second-order valence-corrected chi connectivity index (χ2v) is 2.90. The van der Waals surface area contributed by atoms with Crippen LogP contribution in [0, 0.1) is 5.82 Å². The monoisotopic (exact) mass is 182 g/mol. The molecule has 0 aliphatic rings. The first-order chi connectivity index (χ1) is 6.29. The van der Waals surface area contributed by atoms with E-state index in [0.29, 0.717) is 17.9 Å². The van der Waals surface area contributed by atoms with E-state index in [9.17, 15) is 4.39 Å². The molecule has 0 atom stereocenters. The van der Waals surface area contributed by atoms with Crippen LogP contribution in [0.15, 0.2) is 18.2 Å². The molecule has 0 fully saturated rings. The maximum absolute atomic E-state index is 13.3. The van der Waals surface area contributed by atoms with E-state index < -0.39 is 0 Å². The molecule has 0 heterocycles. The maximum Gasteiger partial charge on any atom is 0.130 e. The van der Waals surface area contributed by atoms with Gasteiger partial charge in [0, 0.05) is 5.56 Å². The van der Waals surface area contributed by atoms with Gasteiger partial charge in [-0.3, -0.25) is 0 Å². The Kier molecular flexibility index (Phi) is 3.74. The molecule has 0 aromatic heterocycles. The van der Waals surface area contributed by atoms with Crippen LogP contribution in [0.25, 0.3) is 0 Å². The Balaban J connectivity index is 2.95. The van der Waals surface area contributed by atoms with E-state index in [-0.39, 0.29) is 5.82 Å². The predicted molar refractivity (Wildman–Crippen MR) is 51.6 cm³/mol. The van der Waals surface area contributed by atoms with Crippen molar-refractivity contribution >= 4 is 0 Å². The zero-order valence-corrected chi connectivity index (χ0v) is 8.14. The molecule has 0 bridgehead atoms. The van der Waals surface area contributed by atoms with Crippen LogP contribution in [0.3, 0.4) is 0 Å². The average molecular weight is 182 g/mol. The first-order valence-corrected chi connectivity index (χ1v) is 4.69. The van der Waals surface area contributed by atoms with Gasteiger partial charge in [0.15, 0.2) is 0 Å². The SMILES string of the molecule is CCCc1c(F)cccc1OCC. The molecule has 0 radical (unpaired) electrons. The third-order valence-electron chi connectivity index (χ3n) is 1.88. The van der Waals surface area contributed by atoms with Crippen molar-refractivity contribution in [1.29, 1.82) is 0 Å². The molecule has 0 aliphatic heterocycles. The fourth-order valence-electron chi connectivity index (χ4n) is 1.32. The van der Waals surface area contributed by atoms with Gasteiger partial charge in [0.2, 0.25) is 0 Å². The molecule has 1 aromatic carbocycles. The Morgan fingerprint density at radius 2 is 2.08 bits per heavy atom. The molecule has 72 valence electrons. The Hall–Kier alpha value is -1.05. The van der Waals surface area contributed by atoms with E-state index in [1.807, 2.05) is 19.9 Å². The molecule has 1 nitrogen and oxygen atoms in total. The molecular formula is C11H15FO. The van der Waals surface area contributed by atoms with Crippen LogP contribution in [0.5, 0.6) is 5.75 Å². The molecule has 0 aliphatic carbocycles. The molecule has 0 saturated carbocycles. The van der Waals surface area contributed by atoms with Gasteiger partial charge in [0.25, 0.3) is 0 Å². The van der Waals surface area contributed by atoms with Crippen molar-refractivity contribution < 1.29 is 9.13 Å². The molecule has 0 unspecified atom stereocenters. The van der Waals surface area contributed by atoms with Crippen molar-refractivity contribution in [1.82, 2.24) is 0 Å². The smallest absolute Gasteiger partial charge is 0.130 e. The van der Waals surface area contributed by atoms with Crippen LogP contribution in [0.2, 0.25) is 0 Å². The minimum Gasteiger partial charge on any atom is -0.493 e. The van der Waals surface area contributed by atoms with Gasteiger partial charge in [-0.1, -0.05) is 19.4 Å². The maximum atomic E-state index is 13.3. The summed E-state index contributed by atoms with van der Waals surface area (Å²) < 4.78 is 18.6. The number of rotatable bonds is 4. The summed E-state index contributed by atoms with van der Waals surface area (Å²) in [5.41, 5.74) is 0.701. The van der Waals surface area contributed by atoms with Gasteiger partial charge in [0.05, 0.1) is 6.61 Å². The Labute approximate surface area is 78.5 Å². The summed E-state index contributed by atoms with van der Waals surface area (Å²) in [6, 6.07) is 4.98. The summed E-state index contributed by atoms with van der Waals surface area (Å²) in [5, 5.41) is 0. The van der Waals surface area contributed by atoms with Crippen LogP contribution in [0.4, 0.5) is 4.39 Å². The number of ether oxygens (including phenoxy) is 1. The summed E-state index contributed by atoms with van der Waals surface area (Å²) in [5.74, 6) is 0.525.